The second-order valence-electron chi connectivity index (χ2n) is 4.33. The highest BCUT2D eigenvalue weighted by molar-refractivity contribution is 5.83. The Labute approximate surface area is 92.1 Å². The highest BCUT2D eigenvalue weighted by atomic mass is 16.3. The number of furan rings is 1. The largest absolute Gasteiger partial charge is 0.441 e. The first-order chi connectivity index (χ1) is 7.90. The van der Waals surface area contributed by atoms with E-state index in [2.05, 4.69) is 9.97 Å². The van der Waals surface area contributed by atoms with Gasteiger partial charge in [-0.05, 0) is 25.0 Å². The maximum absolute atomic E-state index is 5.73. The number of aromatic nitrogens is 2. The van der Waals surface area contributed by atoms with E-state index in [4.69, 9.17) is 4.42 Å². The first-order valence-electron chi connectivity index (χ1n) is 5.56. The summed E-state index contributed by atoms with van der Waals surface area (Å²) in [4.78, 5) is 9.03. The van der Waals surface area contributed by atoms with Crippen LogP contribution >= 0.6 is 0 Å². The monoisotopic (exact) mass is 210 g/mol. The Morgan fingerprint density at radius 3 is 2.50 bits per heavy atom. The maximum Gasteiger partial charge on any atom is 0.245 e. The lowest BCUT2D eigenvalue weighted by Crippen LogP contribution is -1.82. The second-order valence-corrected chi connectivity index (χ2v) is 4.33. The SMILES string of the molecule is c1ccc2nc3oc(C4CC4)cc3nc2c1. The molecule has 0 spiro atoms. The van der Waals surface area contributed by atoms with Crippen molar-refractivity contribution in [1.82, 2.24) is 9.97 Å². The Kier molecular flexibility index (Phi) is 1.46. The molecule has 0 saturated heterocycles. The number of nitrogens with zero attached hydrogens (tertiary/aromatic N) is 2. The quantitative estimate of drug-likeness (QED) is 0.618. The van der Waals surface area contributed by atoms with Crippen molar-refractivity contribution in [2.75, 3.05) is 0 Å². The summed E-state index contributed by atoms with van der Waals surface area (Å²) >= 11 is 0. The smallest absolute Gasteiger partial charge is 0.245 e. The number of fused-ring (bicyclic) bond motifs is 2. The molecule has 0 unspecified atom stereocenters. The van der Waals surface area contributed by atoms with Gasteiger partial charge in [-0.25, -0.2) is 9.97 Å². The average Bonchev–Trinajstić information content (AvgIpc) is 3.07. The van der Waals surface area contributed by atoms with Crippen LogP contribution in [0.5, 0.6) is 0 Å². The van der Waals surface area contributed by atoms with Crippen molar-refractivity contribution in [2.24, 2.45) is 0 Å². The number of benzene rings is 1. The first kappa shape index (κ1) is 8.28. The van der Waals surface area contributed by atoms with Crippen LogP contribution in [0.25, 0.3) is 22.3 Å². The van der Waals surface area contributed by atoms with Crippen molar-refractivity contribution >= 4 is 22.3 Å². The lowest BCUT2D eigenvalue weighted by molar-refractivity contribution is 0.543. The Bertz CT molecular complexity index is 630. The normalized spacial score (nSPS) is 16.0. The van der Waals surface area contributed by atoms with Gasteiger partial charge in [0.05, 0.1) is 11.0 Å². The van der Waals surface area contributed by atoms with Crippen LogP contribution in [0.15, 0.2) is 34.7 Å². The molecule has 1 saturated carbocycles. The van der Waals surface area contributed by atoms with Crippen molar-refractivity contribution in [1.29, 1.82) is 0 Å². The van der Waals surface area contributed by atoms with Crippen molar-refractivity contribution < 1.29 is 4.42 Å². The van der Waals surface area contributed by atoms with E-state index in [1.807, 2.05) is 30.3 Å². The van der Waals surface area contributed by atoms with Gasteiger partial charge in [0.25, 0.3) is 0 Å². The molecule has 0 atom stereocenters. The first-order valence-corrected chi connectivity index (χ1v) is 5.56. The van der Waals surface area contributed by atoms with Crippen LogP contribution in [0.1, 0.15) is 24.5 Å². The molecule has 1 aliphatic carbocycles. The number of rotatable bonds is 1. The van der Waals surface area contributed by atoms with E-state index in [-0.39, 0.29) is 0 Å². The molecule has 1 fully saturated rings. The van der Waals surface area contributed by atoms with E-state index < -0.39 is 0 Å². The highest BCUT2D eigenvalue weighted by Gasteiger charge is 2.27. The molecule has 0 aliphatic heterocycles. The predicted octanol–water partition coefficient (Wildman–Crippen LogP) is 3.25. The lowest BCUT2D eigenvalue weighted by atomic mass is 10.3. The highest BCUT2D eigenvalue weighted by Crippen LogP contribution is 2.41. The molecule has 0 radical (unpaired) electrons. The maximum atomic E-state index is 5.73. The molecule has 3 aromatic rings. The molecule has 3 nitrogen and oxygen atoms in total. The summed E-state index contributed by atoms with van der Waals surface area (Å²) in [6.45, 7) is 0. The van der Waals surface area contributed by atoms with Crippen molar-refractivity contribution in [3.63, 3.8) is 0 Å². The molecule has 0 amide bonds. The Balaban J connectivity index is 2.04. The molecule has 1 aromatic carbocycles. The van der Waals surface area contributed by atoms with Crippen LogP contribution in [0, 0.1) is 0 Å². The molecule has 16 heavy (non-hydrogen) atoms. The third-order valence-corrected chi connectivity index (χ3v) is 3.04. The van der Waals surface area contributed by atoms with Crippen LogP contribution in [0.3, 0.4) is 0 Å². The molecular formula is C13H10N2O. The summed E-state index contributed by atoms with van der Waals surface area (Å²) in [5.41, 5.74) is 3.37. The van der Waals surface area contributed by atoms with E-state index in [1.54, 1.807) is 0 Å². The van der Waals surface area contributed by atoms with Gasteiger partial charge in [-0.3, -0.25) is 0 Å². The van der Waals surface area contributed by atoms with E-state index in [9.17, 15) is 0 Å². The molecule has 0 bridgehead atoms. The van der Waals surface area contributed by atoms with Gasteiger partial charge < -0.3 is 4.42 Å². The van der Waals surface area contributed by atoms with Crippen LogP contribution in [0.2, 0.25) is 0 Å². The van der Waals surface area contributed by atoms with Gasteiger partial charge in [0.15, 0.2) is 0 Å². The minimum atomic E-state index is 0.610. The van der Waals surface area contributed by atoms with Gasteiger partial charge in [-0.15, -0.1) is 0 Å². The molecule has 78 valence electrons. The molecule has 3 heteroatoms. The molecule has 2 aromatic heterocycles. The Hall–Kier alpha value is -1.90. The van der Waals surface area contributed by atoms with Crippen molar-refractivity contribution in [3.8, 4) is 0 Å². The van der Waals surface area contributed by atoms with Crippen LogP contribution in [0.4, 0.5) is 0 Å². The molecule has 2 heterocycles. The van der Waals surface area contributed by atoms with Gasteiger partial charge in [0.1, 0.15) is 11.3 Å². The summed E-state index contributed by atoms with van der Waals surface area (Å²) in [5, 5.41) is 0. The third kappa shape index (κ3) is 1.14. The third-order valence-electron chi connectivity index (χ3n) is 3.04. The zero-order chi connectivity index (χ0) is 10.5. The number of hydrogen-bond acceptors (Lipinski definition) is 3. The fraction of sp³-hybridized carbons (Fsp3) is 0.231. The zero-order valence-corrected chi connectivity index (χ0v) is 8.68. The fourth-order valence-corrected chi connectivity index (χ4v) is 2.01. The van der Waals surface area contributed by atoms with Gasteiger partial charge in [-0.2, -0.15) is 0 Å². The second kappa shape index (κ2) is 2.82. The lowest BCUT2D eigenvalue weighted by Gasteiger charge is -1.94. The standard InChI is InChI=1S/C13H10N2O/c1-2-4-10-9(3-1)14-11-7-12(8-5-6-8)16-13(11)15-10/h1-4,7-8H,5-6H2. The van der Waals surface area contributed by atoms with Crippen LogP contribution in [-0.2, 0) is 0 Å². The fourth-order valence-electron chi connectivity index (χ4n) is 2.01. The summed E-state index contributed by atoms with van der Waals surface area (Å²) in [5.74, 6) is 1.66. The zero-order valence-electron chi connectivity index (χ0n) is 8.68. The molecule has 1 aliphatic rings. The molecule has 4 rings (SSSR count). The van der Waals surface area contributed by atoms with E-state index in [0.717, 1.165) is 22.3 Å². The summed E-state index contributed by atoms with van der Waals surface area (Å²) in [7, 11) is 0. The Morgan fingerprint density at radius 2 is 1.75 bits per heavy atom. The minimum absolute atomic E-state index is 0.610. The van der Waals surface area contributed by atoms with Gasteiger partial charge in [0, 0.05) is 12.0 Å². The summed E-state index contributed by atoms with van der Waals surface area (Å²) in [6.07, 6.45) is 2.47. The summed E-state index contributed by atoms with van der Waals surface area (Å²) < 4.78 is 5.73. The van der Waals surface area contributed by atoms with Crippen LogP contribution < -0.4 is 0 Å². The van der Waals surface area contributed by atoms with Crippen molar-refractivity contribution in [2.45, 2.75) is 18.8 Å². The van der Waals surface area contributed by atoms with Gasteiger partial charge in [0.2, 0.25) is 5.71 Å². The minimum Gasteiger partial charge on any atom is -0.441 e. The molecular weight excluding hydrogens is 200 g/mol. The van der Waals surface area contributed by atoms with E-state index in [1.165, 1.54) is 12.8 Å². The van der Waals surface area contributed by atoms with Crippen LogP contribution in [-0.4, -0.2) is 9.97 Å². The van der Waals surface area contributed by atoms with E-state index in [0.29, 0.717) is 11.6 Å². The average molecular weight is 210 g/mol. The van der Waals surface area contributed by atoms with E-state index >= 15 is 0 Å². The topological polar surface area (TPSA) is 38.9 Å². The van der Waals surface area contributed by atoms with Gasteiger partial charge in [-0.1, -0.05) is 12.1 Å². The molecule has 0 N–H and O–H groups in total. The van der Waals surface area contributed by atoms with Crippen molar-refractivity contribution in [3.05, 3.63) is 36.1 Å². The predicted molar refractivity (Wildman–Crippen MR) is 61.3 cm³/mol. The number of para-hydroxylation sites is 2. The summed E-state index contributed by atoms with van der Waals surface area (Å²) in [6, 6.07) is 9.91. The van der Waals surface area contributed by atoms with Gasteiger partial charge >= 0.3 is 0 Å². The Morgan fingerprint density at radius 1 is 1.00 bits per heavy atom. The number of hydrogen-bond donors (Lipinski definition) is 0.